The number of fused-ring (bicyclic) bond motifs is 1. The zero-order chi connectivity index (χ0) is 13.6. The zero-order valence-corrected chi connectivity index (χ0v) is 10.1. The summed E-state index contributed by atoms with van der Waals surface area (Å²) in [6.07, 6.45) is 0. The van der Waals surface area contributed by atoms with Crippen LogP contribution in [0, 0.1) is 6.92 Å². The summed E-state index contributed by atoms with van der Waals surface area (Å²) in [7, 11) is 0. The van der Waals surface area contributed by atoms with E-state index in [4.69, 9.17) is 10.3 Å². The molecule has 1 aliphatic heterocycles. The van der Waals surface area contributed by atoms with Crippen molar-refractivity contribution in [1.29, 1.82) is 0 Å². The molecule has 1 aromatic heterocycles. The Morgan fingerprint density at radius 2 is 2.00 bits per heavy atom. The van der Waals surface area contributed by atoms with Gasteiger partial charge in [0.2, 0.25) is 5.89 Å². The Morgan fingerprint density at radius 1 is 1.26 bits per heavy atom. The molecule has 0 bridgehead atoms. The number of anilines is 1. The Morgan fingerprint density at radius 3 is 2.68 bits per heavy atom. The van der Waals surface area contributed by atoms with Gasteiger partial charge in [-0.3, -0.25) is 14.5 Å². The number of nitrogens with two attached hydrogens (primary N) is 1. The Bertz CT molecular complexity index is 692. The van der Waals surface area contributed by atoms with Gasteiger partial charge in [0.05, 0.1) is 11.1 Å². The van der Waals surface area contributed by atoms with Crippen molar-refractivity contribution in [3.63, 3.8) is 0 Å². The lowest BCUT2D eigenvalue weighted by Crippen LogP contribution is -2.29. The van der Waals surface area contributed by atoms with Gasteiger partial charge in [0, 0.05) is 5.69 Å². The lowest BCUT2D eigenvalue weighted by Gasteiger charge is -2.09. The summed E-state index contributed by atoms with van der Waals surface area (Å²) in [6, 6.07) is 4.63. The Balaban J connectivity index is 1.94. The van der Waals surface area contributed by atoms with Gasteiger partial charge < -0.3 is 10.3 Å². The van der Waals surface area contributed by atoms with Gasteiger partial charge in [0.15, 0.2) is 5.82 Å². The van der Waals surface area contributed by atoms with Gasteiger partial charge in [-0.2, -0.15) is 4.98 Å². The first-order valence-electron chi connectivity index (χ1n) is 5.61. The van der Waals surface area contributed by atoms with E-state index in [9.17, 15) is 9.59 Å². The second-order valence-corrected chi connectivity index (χ2v) is 4.24. The van der Waals surface area contributed by atoms with Crippen molar-refractivity contribution in [2.75, 3.05) is 5.73 Å². The molecule has 2 aromatic rings. The van der Waals surface area contributed by atoms with E-state index in [2.05, 4.69) is 10.1 Å². The number of aromatic nitrogens is 2. The van der Waals surface area contributed by atoms with Crippen LogP contribution in [0.4, 0.5) is 5.69 Å². The minimum Gasteiger partial charge on any atom is -0.399 e. The highest BCUT2D eigenvalue weighted by Gasteiger charge is 2.36. The molecule has 0 unspecified atom stereocenters. The lowest BCUT2D eigenvalue weighted by atomic mass is 10.1. The van der Waals surface area contributed by atoms with Crippen LogP contribution in [0.1, 0.15) is 32.4 Å². The second kappa shape index (κ2) is 3.91. The van der Waals surface area contributed by atoms with Gasteiger partial charge in [-0.05, 0) is 25.1 Å². The number of nitrogen functional groups attached to an aromatic ring is 1. The molecule has 1 aromatic carbocycles. The highest BCUT2D eigenvalue weighted by atomic mass is 16.5. The van der Waals surface area contributed by atoms with Crippen LogP contribution < -0.4 is 5.73 Å². The number of nitrogens with zero attached hydrogens (tertiary/aromatic N) is 3. The molecule has 3 rings (SSSR count). The number of carbonyl (C=O) groups excluding carboxylic acids is 2. The smallest absolute Gasteiger partial charge is 0.262 e. The van der Waals surface area contributed by atoms with Gasteiger partial charge in [-0.25, -0.2) is 0 Å². The highest BCUT2D eigenvalue weighted by molar-refractivity contribution is 6.21. The van der Waals surface area contributed by atoms with Crippen molar-refractivity contribution in [1.82, 2.24) is 15.0 Å². The number of aryl methyl sites for hydroxylation is 1. The molecule has 96 valence electrons. The molecule has 7 heteroatoms. The average molecular weight is 258 g/mol. The fourth-order valence-electron chi connectivity index (χ4n) is 1.99. The van der Waals surface area contributed by atoms with Crippen LogP contribution in [0.2, 0.25) is 0 Å². The SMILES string of the molecule is Cc1noc(CN2C(=O)c3ccc(N)cc3C2=O)n1. The molecule has 0 aliphatic carbocycles. The number of carbonyl (C=O) groups is 2. The summed E-state index contributed by atoms with van der Waals surface area (Å²) >= 11 is 0. The van der Waals surface area contributed by atoms with E-state index in [0.29, 0.717) is 22.6 Å². The van der Waals surface area contributed by atoms with E-state index in [1.54, 1.807) is 19.1 Å². The Kier molecular flexibility index (Phi) is 2.34. The molecule has 2 N–H and O–H groups in total. The van der Waals surface area contributed by atoms with Crippen molar-refractivity contribution in [2.24, 2.45) is 0 Å². The fourth-order valence-corrected chi connectivity index (χ4v) is 1.99. The van der Waals surface area contributed by atoms with E-state index in [1.807, 2.05) is 0 Å². The van der Waals surface area contributed by atoms with Crippen LogP contribution in [0.15, 0.2) is 22.7 Å². The largest absolute Gasteiger partial charge is 0.399 e. The predicted molar refractivity (Wildman–Crippen MR) is 64.1 cm³/mol. The van der Waals surface area contributed by atoms with Crippen molar-refractivity contribution in [3.05, 3.63) is 41.0 Å². The summed E-state index contributed by atoms with van der Waals surface area (Å²) in [4.78, 5) is 29.3. The molecule has 0 atom stereocenters. The number of imide groups is 1. The van der Waals surface area contributed by atoms with Gasteiger partial charge in [-0.1, -0.05) is 5.16 Å². The van der Waals surface area contributed by atoms with Crippen molar-refractivity contribution >= 4 is 17.5 Å². The third-order valence-corrected chi connectivity index (χ3v) is 2.86. The van der Waals surface area contributed by atoms with Crippen molar-refractivity contribution < 1.29 is 14.1 Å². The molecular weight excluding hydrogens is 248 g/mol. The van der Waals surface area contributed by atoms with Gasteiger partial charge in [-0.15, -0.1) is 0 Å². The molecule has 0 saturated carbocycles. The van der Waals surface area contributed by atoms with Gasteiger partial charge in [0.1, 0.15) is 6.54 Å². The fraction of sp³-hybridized carbons (Fsp3) is 0.167. The zero-order valence-electron chi connectivity index (χ0n) is 10.1. The summed E-state index contributed by atoms with van der Waals surface area (Å²) < 4.78 is 4.91. The maximum absolute atomic E-state index is 12.1. The molecule has 2 heterocycles. The minimum absolute atomic E-state index is 0.0346. The van der Waals surface area contributed by atoms with Crippen LogP contribution >= 0.6 is 0 Å². The number of rotatable bonds is 2. The van der Waals surface area contributed by atoms with Crippen LogP contribution in [0.5, 0.6) is 0 Å². The summed E-state index contributed by atoms with van der Waals surface area (Å²) in [5.74, 6) is -0.102. The van der Waals surface area contributed by atoms with Gasteiger partial charge in [0.25, 0.3) is 11.8 Å². The predicted octanol–water partition coefficient (Wildman–Crippen LogP) is 0.756. The molecule has 1 aliphatic rings. The monoisotopic (exact) mass is 258 g/mol. The van der Waals surface area contributed by atoms with E-state index >= 15 is 0 Å². The number of benzene rings is 1. The van der Waals surface area contributed by atoms with Crippen LogP contribution in [0.25, 0.3) is 0 Å². The van der Waals surface area contributed by atoms with Crippen molar-refractivity contribution in [3.8, 4) is 0 Å². The van der Waals surface area contributed by atoms with Crippen LogP contribution in [-0.4, -0.2) is 26.9 Å². The standard InChI is InChI=1S/C12H10N4O3/c1-6-14-10(19-15-6)5-16-11(17)8-3-2-7(13)4-9(8)12(16)18/h2-4H,5,13H2,1H3. The molecule has 0 saturated heterocycles. The normalized spacial score (nSPS) is 14.1. The van der Waals surface area contributed by atoms with Crippen molar-refractivity contribution in [2.45, 2.75) is 13.5 Å². The maximum atomic E-state index is 12.1. The second-order valence-electron chi connectivity index (χ2n) is 4.24. The van der Waals surface area contributed by atoms with Crippen LogP contribution in [-0.2, 0) is 6.54 Å². The first-order chi connectivity index (χ1) is 9.06. The molecule has 0 fully saturated rings. The average Bonchev–Trinajstić information content (AvgIpc) is 2.88. The highest BCUT2D eigenvalue weighted by Crippen LogP contribution is 2.25. The molecule has 2 amide bonds. The summed E-state index contributed by atoms with van der Waals surface area (Å²) in [5.41, 5.74) is 6.71. The minimum atomic E-state index is -0.400. The van der Waals surface area contributed by atoms with E-state index in [1.165, 1.54) is 6.07 Å². The summed E-state index contributed by atoms with van der Waals surface area (Å²) in [6.45, 7) is 1.63. The van der Waals surface area contributed by atoms with E-state index < -0.39 is 5.91 Å². The van der Waals surface area contributed by atoms with Gasteiger partial charge >= 0.3 is 0 Å². The Labute approximate surface area is 108 Å². The summed E-state index contributed by atoms with van der Waals surface area (Å²) in [5, 5.41) is 3.62. The third kappa shape index (κ3) is 1.75. The molecule has 0 spiro atoms. The van der Waals surface area contributed by atoms with E-state index in [0.717, 1.165) is 4.90 Å². The topological polar surface area (TPSA) is 102 Å². The van der Waals surface area contributed by atoms with Crippen LogP contribution in [0.3, 0.4) is 0 Å². The molecule has 0 radical (unpaired) electrons. The first-order valence-corrected chi connectivity index (χ1v) is 5.61. The first kappa shape index (κ1) is 11.4. The quantitative estimate of drug-likeness (QED) is 0.630. The lowest BCUT2D eigenvalue weighted by molar-refractivity contribution is 0.0625. The number of hydrogen-bond donors (Lipinski definition) is 1. The maximum Gasteiger partial charge on any atom is 0.262 e. The molecule has 19 heavy (non-hydrogen) atoms. The molecular formula is C12H10N4O3. The molecule has 7 nitrogen and oxygen atoms in total. The number of hydrogen-bond acceptors (Lipinski definition) is 6. The van der Waals surface area contributed by atoms with E-state index in [-0.39, 0.29) is 18.3 Å². The third-order valence-electron chi connectivity index (χ3n) is 2.86. The Hall–Kier alpha value is -2.70. The number of amides is 2.